The number of amides is 1. The molecule has 1 atom stereocenters. The predicted octanol–water partition coefficient (Wildman–Crippen LogP) is 3.89. The van der Waals surface area contributed by atoms with Gasteiger partial charge in [0.1, 0.15) is 5.82 Å². The summed E-state index contributed by atoms with van der Waals surface area (Å²) in [5, 5.41) is 15.8. The average molecular weight is 428 g/mol. The van der Waals surface area contributed by atoms with Gasteiger partial charge in [0.05, 0.1) is 18.9 Å². The summed E-state index contributed by atoms with van der Waals surface area (Å²) < 4.78 is 13.2. The molecule has 0 aliphatic carbocycles. The van der Waals surface area contributed by atoms with Crippen molar-refractivity contribution in [2.24, 2.45) is 0 Å². The van der Waals surface area contributed by atoms with Gasteiger partial charge in [-0.25, -0.2) is 0 Å². The first kappa shape index (κ1) is 20.2. The van der Waals surface area contributed by atoms with Crippen molar-refractivity contribution in [1.29, 1.82) is 0 Å². The van der Waals surface area contributed by atoms with E-state index in [1.807, 2.05) is 39.0 Å². The van der Waals surface area contributed by atoms with Crippen LogP contribution < -0.4 is 14.8 Å². The number of nitrogens with zero attached hydrogens (tertiary/aromatic N) is 4. The van der Waals surface area contributed by atoms with Crippen LogP contribution in [0.5, 0.6) is 11.5 Å². The van der Waals surface area contributed by atoms with E-state index in [4.69, 9.17) is 21.1 Å². The Bertz CT molecular complexity index is 1090. The van der Waals surface area contributed by atoms with Crippen molar-refractivity contribution in [2.45, 2.75) is 39.2 Å². The van der Waals surface area contributed by atoms with Gasteiger partial charge >= 0.3 is 0 Å². The lowest BCUT2D eigenvalue weighted by Gasteiger charge is -2.27. The summed E-state index contributed by atoms with van der Waals surface area (Å²) in [6.45, 7) is 5.82. The third kappa shape index (κ3) is 3.59. The zero-order valence-corrected chi connectivity index (χ0v) is 17.9. The van der Waals surface area contributed by atoms with E-state index < -0.39 is 0 Å². The number of hydrogen-bond donors (Lipinski definition) is 1. The SMILES string of the molecule is COc1cccc(C2CC(=O)Nc3c2c(C)nn3-c2ccc(Cl)nn2)c1OC(C)C. The second-order valence-corrected chi connectivity index (χ2v) is 7.71. The summed E-state index contributed by atoms with van der Waals surface area (Å²) >= 11 is 5.86. The Morgan fingerprint density at radius 3 is 2.70 bits per heavy atom. The molecule has 0 saturated carbocycles. The number of fused-ring (bicyclic) bond motifs is 1. The molecule has 2 aromatic heterocycles. The molecule has 9 heteroatoms. The largest absolute Gasteiger partial charge is 0.493 e. The summed E-state index contributed by atoms with van der Waals surface area (Å²) in [6, 6.07) is 9.05. The fraction of sp³-hybridized carbons (Fsp3) is 0.333. The number of nitrogens with one attached hydrogen (secondary N) is 1. The lowest BCUT2D eigenvalue weighted by Crippen LogP contribution is -2.25. The molecule has 0 bridgehead atoms. The molecule has 30 heavy (non-hydrogen) atoms. The number of anilines is 1. The molecule has 1 unspecified atom stereocenters. The second kappa shape index (κ2) is 7.95. The van der Waals surface area contributed by atoms with Gasteiger partial charge in [0, 0.05) is 23.5 Å². The molecule has 1 aromatic carbocycles. The number of halogens is 1. The minimum absolute atomic E-state index is 0.0508. The standard InChI is InChI=1S/C21H22ClN5O3/c1-11(2)30-20-13(6-5-7-15(20)29-4)14-10-18(28)23-21-19(14)12(3)26-27(21)17-9-8-16(22)24-25-17/h5-9,11,14H,10H2,1-4H3,(H,23,28). The highest BCUT2D eigenvalue weighted by Gasteiger charge is 2.35. The van der Waals surface area contributed by atoms with Crippen LogP contribution in [-0.4, -0.2) is 39.1 Å². The summed E-state index contributed by atoms with van der Waals surface area (Å²) in [5.74, 6) is 1.94. The molecule has 1 aliphatic rings. The van der Waals surface area contributed by atoms with Gasteiger partial charge in [0.2, 0.25) is 5.91 Å². The van der Waals surface area contributed by atoms with E-state index in [0.717, 1.165) is 16.8 Å². The Balaban J connectivity index is 1.88. The lowest BCUT2D eigenvalue weighted by atomic mass is 9.85. The van der Waals surface area contributed by atoms with Crippen LogP contribution in [0.25, 0.3) is 5.82 Å². The number of hydrogen-bond acceptors (Lipinski definition) is 6. The number of ether oxygens (including phenoxy) is 2. The highest BCUT2D eigenvalue weighted by molar-refractivity contribution is 6.29. The molecule has 156 valence electrons. The van der Waals surface area contributed by atoms with Gasteiger partial charge in [-0.1, -0.05) is 23.7 Å². The van der Waals surface area contributed by atoms with E-state index in [1.165, 1.54) is 0 Å². The molecule has 1 amide bonds. The average Bonchev–Trinajstić information content (AvgIpc) is 3.04. The van der Waals surface area contributed by atoms with Crippen molar-refractivity contribution in [3.8, 4) is 17.3 Å². The monoisotopic (exact) mass is 427 g/mol. The van der Waals surface area contributed by atoms with Gasteiger partial charge in [0.25, 0.3) is 0 Å². The Hall–Kier alpha value is -3.13. The minimum atomic E-state index is -0.244. The fourth-order valence-electron chi connectivity index (χ4n) is 3.73. The molecule has 0 radical (unpaired) electrons. The first-order chi connectivity index (χ1) is 14.4. The van der Waals surface area contributed by atoms with Gasteiger partial charge < -0.3 is 14.8 Å². The number of aryl methyl sites for hydroxylation is 1. The highest BCUT2D eigenvalue weighted by atomic mass is 35.5. The number of methoxy groups -OCH3 is 1. The molecular weight excluding hydrogens is 406 g/mol. The van der Waals surface area contributed by atoms with Crippen molar-refractivity contribution in [1.82, 2.24) is 20.0 Å². The Kier molecular flexibility index (Phi) is 5.34. The number of rotatable bonds is 5. The lowest BCUT2D eigenvalue weighted by molar-refractivity contribution is -0.116. The second-order valence-electron chi connectivity index (χ2n) is 7.32. The molecule has 1 aliphatic heterocycles. The third-order valence-corrected chi connectivity index (χ3v) is 5.10. The smallest absolute Gasteiger partial charge is 0.226 e. The van der Waals surface area contributed by atoms with Crippen molar-refractivity contribution >= 4 is 23.3 Å². The summed E-state index contributed by atoms with van der Waals surface area (Å²) in [7, 11) is 1.60. The normalized spacial score (nSPS) is 15.7. The van der Waals surface area contributed by atoms with Gasteiger partial charge in [0.15, 0.2) is 22.5 Å². The first-order valence-corrected chi connectivity index (χ1v) is 9.99. The Morgan fingerprint density at radius 2 is 2.03 bits per heavy atom. The molecule has 3 aromatic rings. The molecule has 0 saturated heterocycles. The third-order valence-electron chi connectivity index (χ3n) is 4.90. The van der Waals surface area contributed by atoms with E-state index in [0.29, 0.717) is 23.1 Å². The van der Waals surface area contributed by atoms with E-state index in [9.17, 15) is 4.79 Å². The van der Waals surface area contributed by atoms with E-state index in [1.54, 1.807) is 23.9 Å². The molecule has 3 heterocycles. The van der Waals surface area contributed by atoms with Crippen LogP contribution in [0, 0.1) is 6.92 Å². The molecule has 8 nitrogen and oxygen atoms in total. The van der Waals surface area contributed by atoms with Crippen molar-refractivity contribution < 1.29 is 14.3 Å². The van der Waals surface area contributed by atoms with E-state index in [2.05, 4.69) is 20.6 Å². The van der Waals surface area contributed by atoms with Crippen molar-refractivity contribution in [3.63, 3.8) is 0 Å². The molecule has 4 rings (SSSR count). The number of benzene rings is 1. The van der Waals surface area contributed by atoms with Crippen molar-refractivity contribution in [2.75, 3.05) is 12.4 Å². The summed E-state index contributed by atoms with van der Waals surface area (Å²) in [6.07, 6.45) is 0.220. The summed E-state index contributed by atoms with van der Waals surface area (Å²) in [5.41, 5.74) is 2.57. The van der Waals surface area contributed by atoms with Crippen LogP contribution >= 0.6 is 11.6 Å². The van der Waals surface area contributed by atoms with Crippen LogP contribution in [0.1, 0.15) is 43.0 Å². The summed E-state index contributed by atoms with van der Waals surface area (Å²) in [4.78, 5) is 12.7. The molecule has 1 N–H and O–H groups in total. The van der Waals surface area contributed by atoms with Crippen LogP contribution in [0.3, 0.4) is 0 Å². The number of para-hydroxylation sites is 1. The topological polar surface area (TPSA) is 91.2 Å². The maximum atomic E-state index is 12.7. The Labute approximate surface area is 179 Å². The Morgan fingerprint density at radius 1 is 1.23 bits per heavy atom. The quantitative estimate of drug-likeness (QED) is 0.664. The number of carbonyl (C=O) groups is 1. The minimum Gasteiger partial charge on any atom is -0.493 e. The predicted molar refractivity (Wildman–Crippen MR) is 113 cm³/mol. The molecule has 0 spiro atoms. The first-order valence-electron chi connectivity index (χ1n) is 9.61. The molecule has 0 fully saturated rings. The van der Waals surface area contributed by atoms with Gasteiger partial charge in [-0.15, -0.1) is 10.2 Å². The van der Waals surface area contributed by atoms with Gasteiger partial charge in [-0.2, -0.15) is 9.78 Å². The van der Waals surface area contributed by atoms with Crippen LogP contribution in [0.15, 0.2) is 30.3 Å². The maximum Gasteiger partial charge on any atom is 0.226 e. The van der Waals surface area contributed by atoms with Crippen molar-refractivity contribution in [3.05, 3.63) is 52.3 Å². The van der Waals surface area contributed by atoms with Crippen LogP contribution in [0.2, 0.25) is 5.15 Å². The van der Waals surface area contributed by atoms with Crippen LogP contribution in [-0.2, 0) is 4.79 Å². The van der Waals surface area contributed by atoms with E-state index >= 15 is 0 Å². The number of carbonyl (C=O) groups excluding carboxylic acids is 1. The van der Waals surface area contributed by atoms with E-state index in [-0.39, 0.29) is 29.5 Å². The zero-order chi connectivity index (χ0) is 21.4. The van der Waals surface area contributed by atoms with Gasteiger partial charge in [-0.05, 0) is 39.0 Å². The highest BCUT2D eigenvalue weighted by Crippen LogP contribution is 2.45. The fourth-order valence-corrected chi connectivity index (χ4v) is 3.83. The van der Waals surface area contributed by atoms with Crippen LogP contribution in [0.4, 0.5) is 5.82 Å². The molecular formula is C21H22ClN5O3. The maximum absolute atomic E-state index is 12.7. The van der Waals surface area contributed by atoms with Gasteiger partial charge in [-0.3, -0.25) is 4.79 Å². The number of aromatic nitrogens is 4. The zero-order valence-electron chi connectivity index (χ0n) is 17.1.